The van der Waals surface area contributed by atoms with Gasteiger partial charge in [0.05, 0.1) is 0 Å². The lowest BCUT2D eigenvalue weighted by Gasteiger charge is -2.26. The molecular weight excluding hydrogens is 269 g/mol. The van der Waals surface area contributed by atoms with Crippen molar-refractivity contribution in [3.05, 3.63) is 35.9 Å². The number of amides is 2. The van der Waals surface area contributed by atoms with Gasteiger partial charge in [0.1, 0.15) is 6.54 Å². The van der Waals surface area contributed by atoms with Crippen LogP contribution >= 0.6 is 0 Å². The fourth-order valence-corrected chi connectivity index (χ4v) is 1.70. The van der Waals surface area contributed by atoms with Crippen LogP contribution in [-0.4, -0.2) is 24.3 Å². The Morgan fingerprint density at radius 3 is 2.30 bits per heavy atom. The molecule has 0 aliphatic rings. The molecule has 1 aromatic rings. The van der Waals surface area contributed by atoms with Crippen LogP contribution in [0.3, 0.4) is 0 Å². The summed E-state index contributed by atoms with van der Waals surface area (Å²) >= 11 is 0. The highest BCUT2D eigenvalue weighted by Gasteiger charge is 2.29. The molecule has 0 spiro atoms. The lowest BCUT2D eigenvalue weighted by molar-refractivity contribution is -0.122. The minimum Gasteiger partial charge on any atom is -0.333 e. The lowest BCUT2D eigenvalue weighted by Crippen LogP contribution is -2.50. The van der Waals surface area contributed by atoms with Gasteiger partial charge in [0.25, 0.3) is 0 Å². The molecule has 0 heterocycles. The highest BCUT2D eigenvalue weighted by atomic mass is 19.4. The first kappa shape index (κ1) is 16.3. The summed E-state index contributed by atoms with van der Waals surface area (Å²) in [5, 5.41) is 4.35. The normalized spacial score (nSPS) is 12.1. The second-order valence-electron chi connectivity index (χ2n) is 5.29. The van der Waals surface area contributed by atoms with E-state index in [9.17, 15) is 18.0 Å². The Labute approximate surface area is 116 Å². The third kappa shape index (κ3) is 7.01. The summed E-state index contributed by atoms with van der Waals surface area (Å²) in [4.78, 5) is 11.4. The van der Waals surface area contributed by atoms with Crippen LogP contribution in [0.5, 0.6) is 0 Å². The highest BCUT2D eigenvalue weighted by Crippen LogP contribution is 2.14. The molecule has 0 aliphatic carbocycles. The van der Waals surface area contributed by atoms with Crippen molar-refractivity contribution >= 4 is 6.03 Å². The van der Waals surface area contributed by atoms with E-state index in [1.165, 1.54) is 0 Å². The van der Waals surface area contributed by atoms with Gasteiger partial charge in [0.2, 0.25) is 0 Å². The van der Waals surface area contributed by atoms with E-state index in [1.54, 1.807) is 19.2 Å². The number of carbonyl (C=O) groups is 1. The number of hydrogen-bond acceptors (Lipinski definition) is 1. The van der Waals surface area contributed by atoms with Crippen LogP contribution in [0, 0.1) is 0 Å². The molecule has 6 heteroatoms. The average Bonchev–Trinajstić information content (AvgIpc) is 2.34. The zero-order chi connectivity index (χ0) is 15.2. The van der Waals surface area contributed by atoms with Gasteiger partial charge in [-0.05, 0) is 32.3 Å². The van der Waals surface area contributed by atoms with Crippen LogP contribution in [0.25, 0.3) is 0 Å². The maximum atomic E-state index is 12.0. The minimum atomic E-state index is -4.40. The molecular formula is C14H19F3N2O. The average molecular weight is 288 g/mol. The molecule has 0 saturated carbocycles. The topological polar surface area (TPSA) is 41.1 Å². The van der Waals surface area contributed by atoms with Crippen LogP contribution < -0.4 is 10.6 Å². The summed E-state index contributed by atoms with van der Waals surface area (Å²) < 4.78 is 35.9. The Morgan fingerprint density at radius 1 is 1.15 bits per heavy atom. The molecule has 20 heavy (non-hydrogen) atoms. The number of alkyl halides is 3. The minimum absolute atomic E-state index is 0.578. The van der Waals surface area contributed by atoms with E-state index in [-0.39, 0.29) is 0 Å². The Kier molecular flexibility index (Phi) is 5.42. The zero-order valence-corrected chi connectivity index (χ0v) is 11.6. The molecule has 0 aliphatic heterocycles. The third-order valence-corrected chi connectivity index (χ3v) is 2.78. The van der Waals surface area contributed by atoms with Crippen molar-refractivity contribution in [2.75, 3.05) is 6.54 Å². The first-order valence-electron chi connectivity index (χ1n) is 6.35. The van der Waals surface area contributed by atoms with E-state index in [1.807, 2.05) is 30.3 Å². The zero-order valence-electron chi connectivity index (χ0n) is 11.6. The molecule has 0 radical (unpaired) electrons. The maximum Gasteiger partial charge on any atom is 0.405 e. The second-order valence-corrected chi connectivity index (χ2v) is 5.29. The van der Waals surface area contributed by atoms with E-state index in [2.05, 4.69) is 5.32 Å². The fourth-order valence-electron chi connectivity index (χ4n) is 1.70. The summed E-state index contributed by atoms with van der Waals surface area (Å²) in [5.41, 5.74) is 0.545. The van der Waals surface area contributed by atoms with Gasteiger partial charge in [0.15, 0.2) is 0 Å². The molecule has 1 aromatic carbocycles. The number of urea groups is 1. The summed E-state index contributed by atoms with van der Waals surface area (Å²) in [6.45, 7) is 2.24. The van der Waals surface area contributed by atoms with Gasteiger partial charge in [0, 0.05) is 5.54 Å². The number of halogens is 3. The fraction of sp³-hybridized carbons (Fsp3) is 0.500. The number of rotatable bonds is 5. The quantitative estimate of drug-likeness (QED) is 0.858. The third-order valence-electron chi connectivity index (χ3n) is 2.78. The van der Waals surface area contributed by atoms with Crippen molar-refractivity contribution in [1.82, 2.24) is 10.6 Å². The molecule has 0 atom stereocenters. The Bertz CT molecular complexity index is 430. The molecule has 112 valence electrons. The largest absolute Gasteiger partial charge is 0.405 e. The molecule has 3 nitrogen and oxygen atoms in total. The Morgan fingerprint density at radius 2 is 1.75 bits per heavy atom. The van der Waals surface area contributed by atoms with Gasteiger partial charge in [-0.15, -0.1) is 0 Å². The molecule has 0 fully saturated rings. The van der Waals surface area contributed by atoms with Crippen molar-refractivity contribution in [3.8, 4) is 0 Å². The van der Waals surface area contributed by atoms with Crippen LogP contribution in [0.1, 0.15) is 25.8 Å². The van der Waals surface area contributed by atoms with Gasteiger partial charge < -0.3 is 10.6 Å². The standard InChI is InChI=1S/C14H19F3N2O/c1-13(2,9-8-11-6-4-3-5-7-11)19-12(20)18-10-14(15,16)17/h3-7H,8-10H2,1-2H3,(H2,18,19,20). The molecule has 0 unspecified atom stereocenters. The maximum absolute atomic E-state index is 12.0. The van der Waals surface area contributed by atoms with Crippen molar-refractivity contribution in [3.63, 3.8) is 0 Å². The predicted octanol–water partition coefficient (Wildman–Crippen LogP) is 3.26. The van der Waals surface area contributed by atoms with Gasteiger partial charge in [-0.25, -0.2) is 4.79 Å². The van der Waals surface area contributed by atoms with E-state index in [0.29, 0.717) is 6.42 Å². The van der Waals surface area contributed by atoms with Crippen LogP contribution in [0.15, 0.2) is 30.3 Å². The van der Waals surface area contributed by atoms with Crippen LogP contribution in [0.2, 0.25) is 0 Å². The smallest absolute Gasteiger partial charge is 0.333 e. The number of nitrogens with one attached hydrogen (secondary N) is 2. The summed E-state index contributed by atoms with van der Waals surface area (Å²) in [7, 11) is 0. The summed E-state index contributed by atoms with van der Waals surface area (Å²) in [6, 6.07) is 8.90. The monoisotopic (exact) mass is 288 g/mol. The highest BCUT2D eigenvalue weighted by molar-refractivity contribution is 5.74. The Hall–Kier alpha value is -1.72. The van der Waals surface area contributed by atoms with Crippen molar-refractivity contribution in [2.45, 2.75) is 38.4 Å². The SMILES string of the molecule is CC(C)(CCc1ccccc1)NC(=O)NCC(F)(F)F. The number of benzene rings is 1. The van der Waals surface area contributed by atoms with E-state index < -0.39 is 24.3 Å². The molecule has 0 aromatic heterocycles. The summed E-state index contributed by atoms with van der Waals surface area (Å²) in [5.74, 6) is 0. The van der Waals surface area contributed by atoms with Crippen LogP contribution in [0.4, 0.5) is 18.0 Å². The molecule has 0 bridgehead atoms. The van der Waals surface area contributed by atoms with E-state index in [4.69, 9.17) is 0 Å². The molecule has 1 rings (SSSR count). The van der Waals surface area contributed by atoms with Gasteiger partial charge >= 0.3 is 12.2 Å². The van der Waals surface area contributed by atoms with Gasteiger partial charge in [-0.3, -0.25) is 0 Å². The number of aryl methyl sites for hydroxylation is 1. The molecule has 2 amide bonds. The van der Waals surface area contributed by atoms with Gasteiger partial charge in [-0.1, -0.05) is 30.3 Å². The summed E-state index contributed by atoms with van der Waals surface area (Å²) in [6.07, 6.45) is -3.02. The van der Waals surface area contributed by atoms with Crippen molar-refractivity contribution in [1.29, 1.82) is 0 Å². The molecule has 2 N–H and O–H groups in total. The van der Waals surface area contributed by atoms with Gasteiger partial charge in [-0.2, -0.15) is 13.2 Å². The first-order valence-corrected chi connectivity index (χ1v) is 6.35. The van der Waals surface area contributed by atoms with E-state index >= 15 is 0 Å². The van der Waals surface area contributed by atoms with E-state index in [0.717, 1.165) is 12.0 Å². The lowest BCUT2D eigenvalue weighted by atomic mass is 9.95. The Balaban J connectivity index is 2.39. The number of hydrogen-bond donors (Lipinski definition) is 2. The van der Waals surface area contributed by atoms with Crippen LogP contribution in [-0.2, 0) is 6.42 Å². The van der Waals surface area contributed by atoms with Crippen molar-refractivity contribution in [2.24, 2.45) is 0 Å². The second kappa shape index (κ2) is 6.63. The van der Waals surface area contributed by atoms with Crippen molar-refractivity contribution < 1.29 is 18.0 Å². The first-order chi connectivity index (χ1) is 9.18. The molecule has 0 saturated heterocycles. The number of carbonyl (C=O) groups excluding carboxylic acids is 1. The predicted molar refractivity (Wildman–Crippen MR) is 71.4 cm³/mol.